The SMILES string of the molecule is C=C(NCc1cccc(NC)c1)/C(=N\NC)C(N)=O. The van der Waals surface area contributed by atoms with Crippen molar-refractivity contribution >= 4 is 17.3 Å². The maximum Gasteiger partial charge on any atom is 0.271 e. The highest BCUT2D eigenvalue weighted by Crippen LogP contribution is 2.09. The number of hydrazone groups is 1. The summed E-state index contributed by atoms with van der Waals surface area (Å²) >= 11 is 0. The van der Waals surface area contributed by atoms with Gasteiger partial charge in [-0.3, -0.25) is 4.79 Å². The molecule has 0 aromatic heterocycles. The molecular formula is C13H19N5O. The highest BCUT2D eigenvalue weighted by Gasteiger charge is 2.11. The molecule has 1 amide bonds. The number of rotatable bonds is 7. The van der Waals surface area contributed by atoms with Crippen molar-refractivity contribution in [1.82, 2.24) is 10.7 Å². The van der Waals surface area contributed by atoms with E-state index in [0.29, 0.717) is 12.2 Å². The number of amides is 1. The number of anilines is 1. The molecule has 0 spiro atoms. The van der Waals surface area contributed by atoms with Gasteiger partial charge in [-0.1, -0.05) is 18.7 Å². The first-order valence-corrected chi connectivity index (χ1v) is 5.82. The maximum absolute atomic E-state index is 11.2. The fraction of sp³-hybridized carbons (Fsp3) is 0.231. The van der Waals surface area contributed by atoms with Crippen molar-refractivity contribution in [2.45, 2.75) is 6.54 Å². The molecule has 5 N–H and O–H groups in total. The Morgan fingerprint density at radius 2 is 2.16 bits per heavy atom. The Morgan fingerprint density at radius 1 is 1.42 bits per heavy atom. The van der Waals surface area contributed by atoms with E-state index in [9.17, 15) is 4.79 Å². The van der Waals surface area contributed by atoms with E-state index in [-0.39, 0.29) is 5.71 Å². The monoisotopic (exact) mass is 261 g/mol. The molecule has 6 heteroatoms. The molecule has 102 valence electrons. The van der Waals surface area contributed by atoms with Crippen LogP contribution in [0.4, 0.5) is 5.69 Å². The van der Waals surface area contributed by atoms with E-state index in [1.807, 2.05) is 31.3 Å². The van der Waals surface area contributed by atoms with E-state index < -0.39 is 5.91 Å². The fourth-order valence-corrected chi connectivity index (χ4v) is 1.51. The number of nitrogens with one attached hydrogen (secondary N) is 3. The van der Waals surface area contributed by atoms with Gasteiger partial charge in [-0.2, -0.15) is 5.10 Å². The molecule has 0 radical (unpaired) electrons. The molecule has 1 aromatic carbocycles. The van der Waals surface area contributed by atoms with Gasteiger partial charge < -0.3 is 21.8 Å². The normalized spacial score (nSPS) is 10.7. The first kappa shape index (κ1) is 14.6. The average Bonchev–Trinajstić information content (AvgIpc) is 2.42. The molecule has 6 nitrogen and oxygen atoms in total. The van der Waals surface area contributed by atoms with Crippen molar-refractivity contribution < 1.29 is 4.79 Å². The van der Waals surface area contributed by atoms with Crippen molar-refractivity contribution in [3.05, 3.63) is 42.1 Å². The second-order valence-electron chi connectivity index (χ2n) is 3.83. The Balaban J connectivity index is 2.67. The number of nitrogens with zero attached hydrogens (tertiary/aromatic N) is 1. The highest BCUT2D eigenvalue weighted by atomic mass is 16.1. The van der Waals surface area contributed by atoms with Crippen LogP contribution in [0.3, 0.4) is 0 Å². The first-order chi connectivity index (χ1) is 9.08. The molecule has 0 aliphatic rings. The van der Waals surface area contributed by atoms with E-state index >= 15 is 0 Å². The van der Waals surface area contributed by atoms with Gasteiger partial charge in [0.15, 0.2) is 5.71 Å². The molecular weight excluding hydrogens is 242 g/mol. The van der Waals surface area contributed by atoms with E-state index in [0.717, 1.165) is 11.3 Å². The summed E-state index contributed by atoms with van der Waals surface area (Å²) in [4.78, 5) is 11.2. The molecule has 0 saturated carbocycles. The van der Waals surface area contributed by atoms with Crippen LogP contribution >= 0.6 is 0 Å². The molecule has 0 bridgehead atoms. The van der Waals surface area contributed by atoms with E-state index in [1.54, 1.807) is 7.05 Å². The Kier molecular flexibility index (Phi) is 5.40. The fourth-order valence-electron chi connectivity index (χ4n) is 1.51. The van der Waals surface area contributed by atoms with E-state index in [1.165, 1.54) is 0 Å². The van der Waals surface area contributed by atoms with Gasteiger partial charge in [-0.25, -0.2) is 0 Å². The van der Waals surface area contributed by atoms with Gasteiger partial charge in [0.05, 0.1) is 5.70 Å². The maximum atomic E-state index is 11.2. The lowest BCUT2D eigenvalue weighted by atomic mass is 10.2. The minimum Gasteiger partial charge on any atom is -0.388 e. The van der Waals surface area contributed by atoms with Gasteiger partial charge in [0, 0.05) is 26.3 Å². The summed E-state index contributed by atoms with van der Waals surface area (Å²) < 4.78 is 0. The van der Waals surface area contributed by atoms with Gasteiger partial charge >= 0.3 is 0 Å². The second-order valence-corrected chi connectivity index (χ2v) is 3.83. The zero-order valence-electron chi connectivity index (χ0n) is 11.2. The van der Waals surface area contributed by atoms with Crippen LogP contribution in [0.2, 0.25) is 0 Å². The number of hydrogen-bond acceptors (Lipinski definition) is 5. The molecule has 0 unspecified atom stereocenters. The predicted molar refractivity (Wildman–Crippen MR) is 77.7 cm³/mol. The molecule has 19 heavy (non-hydrogen) atoms. The second kappa shape index (κ2) is 7.05. The summed E-state index contributed by atoms with van der Waals surface area (Å²) in [6, 6.07) is 7.89. The Labute approximate surface area is 112 Å². The van der Waals surface area contributed by atoms with E-state index in [4.69, 9.17) is 5.73 Å². The zero-order chi connectivity index (χ0) is 14.3. The topological polar surface area (TPSA) is 91.5 Å². The molecule has 1 aromatic rings. The van der Waals surface area contributed by atoms with Crippen molar-refractivity contribution in [1.29, 1.82) is 0 Å². The minimum absolute atomic E-state index is 0.0901. The quantitative estimate of drug-likeness (QED) is 0.422. The van der Waals surface area contributed by atoms with Crippen molar-refractivity contribution in [2.75, 3.05) is 19.4 Å². The lowest BCUT2D eigenvalue weighted by molar-refractivity contribution is -0.112. The number of benzene rings is 1. The van der Waals surface area contributed by atoms with Gasteiger partial charge in [0.1, 0.15) is 0 Å². The van der Waals surface area contributed by atoms with Gasteiger partial charge in [0.2, 0.25) is 0 Å². The minimum atomic E-state index is -0.629. The largest absolute Gasteiger partial charge is 0.388 e. The smallest absolute Gasteiger partial charge is 0.271 e. The highest BCUT2D eigenvalue weighted by molar-refractivity contribution is 6.44. The molecule has 0 fully saturated rings. The number of nitrogens with two attached hydrogens (primary N) is 1. The molecule has 0 saturated heterocycles. The molecule has 1 rings (SSSR count). The van der Waals surface area contributed by atoms with Crippen LogP contribution in [-0.2, 0) is 11.3 Å². The zero-order valence-corrected chi connectivity index (χ0v) is 11.2. The molecule has 0 aliphatic carbocycles. The number of primary amides is 1. The van der Waals surface area contributed by atoms with Crippen LogP contribution < -0.4 is 21.8 Å². The number of carbonyl (C=O) groups is 1. The lowest BCUT2D eigenvalue weighted by Gasteiger charge is -2.11. The summed E-state index contributed by atoms with van der Waals surface area (Å²) in [6.07, 6.45) is 0. The predicted octanol–water partition coefficient (Wildman–Crippen LogP) is 0.392. The van der Waals surface area contributed by atoms with Crippen molar-refractivity contribution in [3.63, 3.8) is 0 Å². The molecule has 0 heterocycles. The Bertz CT molecular complexity index is 496. The Morgan fingerprint density at radius 3 is 2.74 bits per heavy atom. The van der Waals surface area contributed by atoms with Crippen molar-refractivity contribution in [2.24, 2.45) is 10.8 Å². The standard InChI is InChI=1S/C13H19N5O/c1-9(12(13(14)19)18-16-3)17-8-10-5-4-6-11(7-10)15-2/h4-7,15-17H,1,8H2,2-3H3,(H2,14,19)/b18-12+. The first-order valence-electron chi connectivity index (χ1n) is 5.82. The van der Waals surface area contributed by atoms with Crippen LogP contribution in [0.25, 0.3) is 0 Å². The van der Waals surface area contributed by atoms with Gasteiger partial charge in [-0.05, 0) is 17.7 Å². The van der Waals surface area contributed by atoms with Crippen LogP contribution in [-0.4, -0.2) is 25.7 Å². The number of carbonyl (C=O) groups excluding carboxylic acids is 1. The van der Waals surface area contributed by atoms with Crippen LogP contribution in [0, 0.1) is 0 Å². The average molecular weight is 261 g/mol. The molecule has 0 atom stereocenters. The Hall–Kier alpha value is -2.50. The summed E-state index contributed by atoms with van der Waals surface area (Å²) in [5.74, 6) is -0.629. The van der Waals surface area contributed by atoms with Crippen molar-refractivity contribution in [3.8, 4) is 0 Å². The number of hydrogen-bond donors (Lipinski definition) is 4. The van der Waals surface area contributed by atoms with Gasteiger partial charge in [0.25, 0.3) is 5.91 Å². The summed E-state index contributed by atoms with van der Waals surface area (Å²) in [5, 5.41) is 9.87. The van der Waals surface area contributed by atoms with E-state index in [2.05, 4.69) is 27.7 Å². The third-order valence-electron chi connectivity index (χ3n) is 2.46. The lowest BCUT2D eigenvalue weighted by Crippen LogP contribution is -2.32. The third kappa shape index (κ3) is 4.34. The summed E-state index contributed by atoms with van der Waals surface area (Å²) in [7, 11) is 3.45. The van der Waals surface area contributed by atoms with Crippen LogP contribution in [0.1, 0.15) is 5.56 Å². The molecule has 0 aliphatic heterocycles. The summed E-state index contributed by atoms with van der Waals surface area (Å²) in [5.41, 5.74) is 10.3. The third-order valence-corrected chi connectivity index (χ3v) is 2.46. The van der Waals surface area contributed by atoms with Crippen LogP contribution in [0.15, 0.2) is 41.6 Å². The van der Waals surface area contributed by atoms with Crippen LogP contribution in [0.5, 0.6) is 0 Å². The summed E-state index contributed by atoms with van der Waals surface area (Å²) in [6.45, 7) is 4.29. The van der Waals surface area contributed by atoms with Gasteiger partial charge in [-0.15, -0.1) is 0 Å².